The molecule has 2 N–H and O–H groups in total. The van der Waals surface area contributed by atoms with E-state index in [0.29, 0.717) is 18.1 Å². The monoisotopic (exact) mass is 403 g/mol. The van der Waals surface area contributed by atoms with Gasteiger partial charge in [-0.15, -0.1) is 0 Å². The normalized spacial score (nSPS) is 19.3. The Labute approximate surface area is 180 Å². The van der Waals surface area contributed by atoms with Crippen LogP contribution in [0.1, 0.15) is 88.1 Å². The van der Waals surface area contributed by atoms with Gasteiger partial charge in [-0.25, -0.2) is 0 Å². The number of hydrogen-bond donors (Lipinski definition) is 2. The molecule has 1 heterocycles. The lowest BCUT2D eigenvalue weighted by atomic mass is 9.73. The second kappa shape index (κ2) is 7.01. The molecule has 1 aliphatic carbocycles. The summed E-state index contributed by atoms with van der Waals surface area (Å²) in [4.78, 5) is 0. The van der Waals surface area contributed by atoms with E-state index in [2.05, 4.69) is 71.9 Å². The minimum atomic E-state index is -0.171. The lowest BCUT2D eigenvalue weighted by Gasteiger charge is -2.35. The maximum atomic E-state index is 11.1. The third-order valence-corrected chi connectivity index (χ3v) is 6.40. The van der Waals surface area contributed by atoms with Gasteiger partial charge in [0.1, 0.15) is 11.5 Å². The third-order valence-electron chi connectivity index (χ3n) is 6.40. The zero-order valence-corrected chi connectivity index (χ0v) is 19.0. The van der Waals surface area contributed by atoms with Crippen molar-refractivity contribution in [2.24, 2.45) is 0 Å². The van der Waals surface area contributed by atoms with Crippen LogP contribution in [-0.4, -0.2) is 11.0 Å². The standard InChI is InChI=1S/C27H33NO2/c1-26(2,3)21-13-17(14-22(24(21)29)27(4,5)6)20-15-23(28)30-25-18-10-8-7-9-16(18)11-12-19(20)25/h7-10,13-14,20,28-29H,11-12,15H2,1-6H3. The van der Waals surface area contributed by atoms with E-state index in [1.54, 1.807) is 0 Å². The third kappa shape index (κ3) is 3.55. The topological polar surface area (TPSA) is 53.3 Å². The summed E-state index contributed by atoms with van der Waals surface area (Å²) < 4.78 is 6.00. The number of aryl methyl sites for hydroxylation is 1. The van der Waals surface area contributed by atoms with Gasteiger partial charge in [0.2, 0.25) is 0 Å². The fraction of sp³-hybridized carbons (Fsp3) is 0.444. The molecule has 30 heavy (non-hydrogen) atoms. The number of aromatic hydroxyl groups is 1. The molecule has 158 valence electrons. The predicted octanol–water partition coefficient (Wildman–Crippen LogP) is 6.83. The first-order chi connectivity index (χ1) is 14.0. The van der Waals surface area contributed by atoms with Crippen molar-refractivity contribution in [3.63, 3.8) is 0 Å². The molecule has 3 heteroatoms. The van der Waals surface area contributed by atoms with Crippen molar-refractivity contribution in [3.8, 4) is 5.75 Å². The summed E-state index contributed by atoms with van der Waals surface area (Å²) in [6.07, 6.45) is 2.51. The second-order valence-corrected chi connectivity index (χ2v) is 10.8. The van der Waals surface area contributed by atoms with E-state index in [9.17, 15) is 5.11 Å². The smallest absolute Gasteiger partial charge is 0.188 e. The molecule has 0 saturated heterocycles. The Morgan fingerprint density at radius 1 is 0.933 bits per heavy atom. The molecule has 1 aliphatic heterocycles. The number of benzene rings is 2. The largest absolute Gasteiger partial charge is 0.507 e. The number of phenols is 1. The molecular weight excluding hydrogens is 370 g/mol. The first-order valence-electron chi connectivity index (χ1n) is 10.9. The molecule has 4 rings (SSSR count). The Morgan fingerprint density at radius 2 is 1.53 bits per heavy atom. The molecule has 0 saturated carbocycles. The molecule has 1 unspecified atom stereocenters. The summed E-state index contributed by atoms with van der Waals surface area (Å²) >= 11 is 0. The number of rotatable bonds is 1. The van der Waals surface area contributed by atoms with E-state index in [1.165, 1.54) is 16.7 Å². The minimum absolute atomic E-state index is 0.109. The molecule has 0 radical (unpaired) electrons. The van der Waals surface area contributed by atoms with Crippen molar-refractivity contribution in [1.82, 2.24) is 0 Å². The molecule has 2 aromatic carbocycles. The zero-order chi connectivity index (χ0) is 21.8. The maximum absolute atomic E-state index is 11.1. The van der Waals surface area contributed by atoms with Crippen LogP contribution in [0, 0.1) is 5.41 Å². The maximum Gasteiger partial charge on any atom is 0.188 e. The second-order valence-electron chi connectivity index (χ2n) is 10.8. The molecule has 2 aliphatic rings. The van der Waals surface area contributed by atoms with E-state index in [0.717, 1.165) is 35.3 Å². The van der Waals surface area contributed by atoms with Crippen molar-refractivity contribution in [3.05, 3.63) is 69.8 Å². The summed E-state index contributed by atoms with van der Waals surface area (Å²) in [5, 5.41) is 19.5. The zero-order valence-electron chi connectivity index (χ0n) is 19.0. The SMILES string of the molecule is CC(C)(C)c1cc(C2CC(=N)OC3=C2CCc2ccccc23)cc(C(C)(C)C)c1O. The summed E-state index contributed by atoms with van der Waals surface area (Å²) in [6, 6.07) is 12.7. The highest BCUT2D eigenvalue weighted by atomic mass is 16.5. The molecule has 0 spiro atoms. The Morgan fingerprint density at radius 3 is 2.13 bits per heavy atom. The lowest BCUT2D eigenvalue weighted by molar-refractivity contribution is 0.420. The van der Waals surface area contributed by atoms with Crippen LogP contribution in [-0.2, 0) is 22.0 Å². The van der Waals surface area contributed by atoms with Gasteiger partial charge in [0.25, 0.3) is 0 Å². The van der Waals surface area contributed by atoms with Crippen LogP contribution in [0.3, 0.4) is 0 Å². The van der Waals surface area contributed by atoms with Crippen LogP contribution in [0.25, 0.3) is 5.76 Å². The molecule has 0 fully saturated rings. The number of nitrogens with one attached hydrogen (secondary N) is 1. The van der Waals surface area contributed by atoms with Crippen molar-refractivity contribution < 1.29 is 9.84 Å². The van der Waals surface area contributed by atoms with Crippen LogP contribution in [0.5, 0.6) is 5.75 Å². The molecule has 0 bridgehead atoms. The Kier molecular flexibility index (Phi) is 4.84. The average Bonchev–Trinajstić information content (AvgIpc) is 2.65. The van der Waals surface area contributed by atoms with Gasteiger partial charge in [-0.2, -0.15) is 0 Å². The number of fused-ring (bicyclic) bond motifs is 2. The van der Waals surface area contributed by atoms with E-state index in [-0.39, 0.29) is 16.7 Å². The Bertz CT molecular complexity index is 1010. The quantitative estimate of drug-likeness (QED) is 0.548. The Balaban J connectivity index is 1.93. The van der Waals surface area contributed by atoms with Gasteiger partial charge in [-0.3, -0.25) is 5.41 Å². The van der Waals surface area contributed by atoms with Gasteiger partial charge in [-0.05, 0) is 51.5 Å². The van der Waals surface area contributed by atoms with E-state index < -0.39 is 0 Å². The highest BCUT2D eigenvalue weighted by molar-refractivity contribution is 5.87. The Hall–Kier alpha value is -2.55. The molecule has 0 amide bonds. The van der Waals surface area contributed by atoms with E-state index in [4.69, 9.17) is 10.1 Å². The van der Waals surface area contributed by atoms with E-state index in [1.807, 2.05) is 6.07 Å². The van der Waals surface area contributed by atoms with Crippen LogP contribution < -0.4 is 0 Å². The van der Waals surface area contributed by atoms with Gasteiger partial charge in [0.05, 0.1) is 0 Å². The van der Waals surface area contributed by atoms with Crippen LogP contribution in [0.15, 0.2) is 42.0 Å². The van der Waals surface area contributed by atoms with Gasteiger partial charge in [-0.1, -0.05) is 77.9 Å². The summed E-state index contributed by atoms with van der Waals surface area (Å²) in [5.41, 5.74) is 6.49. The van der Waals surface area contributed by atoms with Gasteiger partial charge in [0.15, 0.2) is 5.90 Å². The summed E-state index contributed by atoms with van der Waals surface area (Å²) in [5.74, 6) is 1.71. The van der Waals surface area contributed by atoms with Crippen LogP contribution in [0.2, 0.25) is 0 Å². The van der Waals surface area contributed by atoms with Crippen molar-refractivity contribution in [2.75, 3.05) is 0 Å². The van der Waals surface area contributed by atoms with Gasteiger partial charge < -0.3 is 9.84 Å². The van der Waals surface area contributed by atoms with Crippen LogP contribution in [0.4, 0.5) is 0 Å². The highest BCUT2D eigenvalue weighted by Gasteiger charge is 2.35. The van der Waals surface area contributed by atoms with E-state index >= 15 is 0 Å². The van der Waals surface area contributed by atoms with Crippen molar-refractivity contribution >= 4 is 11.7 Å². The number of phenolic OH excluding ortho intramolecular Hbond substituents is 1. The minimum Gasteiger partial charge on any atom is -0.507 e. The van der Waals surface area contributed by atoms with Gasteiger partial charge >= 0.3 is 0 Å². The molecule has 0 aromatic heterocycles. The fourth-order valence-corrected chi connectivity index (χ4v) is 4.76. The predicted molar refractivity (Wildman–Crippen MR) is 123 cm³/mol. The first-order valence-corrected chi connectivity index (χ1v) is 10.9. The molecular formula is C27H33NO2. The average molecular weight is 404 g/mol. The van der Waals surface area contributed by atoms with Crippen LogP contribution >= 0.6 is 0 Å². The van der Waals surface area contributed by atoms with Crippen molar-refractivity contribution in [1.29, 1.82) is 5.41 Å². The molecule has 1 atom stereocenters. The first kappa shape index (κ1) is 20.7. The molecule has 3 nitrogen and oxygen atoms in total. The lowest BCUT2D eigenvalue weighted by Crippen LogP contribution is -2.24. The van der Waals surface area contributed by atoms with Gasteiger partial charge in [0, 0.05) is 17.9 Å². The highest BCUT2D eigenvalue weighted by Crippen LogP contribution is 2.48. The number of ether oxygens (including phenoxy) is 1. The van der Waals surface area contributed by atoms with Crippen molar-refractivity contribution in [2.45, 2.75) is 77.6 Å². The number of allylic oxidation sites excluding steroid dienone is 1. The number of hydrogen-bond acceptors (Lipinski definition) is 3. The summed E-state index contributed by atoms with van der Waals surface area (Å²) in [7, 11) is 0. The summed E-state index contributed by atoms with van der Waals surface area (Å²) in [6.45, 7) is 12.9. The molecule has 2 aromatic rings. The fourth-order valence-electron chi connectivity index (χ4n) is 4.76.